The van der Waals surface area contributed by atoms with Crippen LogP contribution in [0.2, 0.25) is 0 Å². The number of hydrogen-bond donors (Lipinski definition) is 1. The number of fused-ring (bicyclic) bond motifs is 1. The zero-order valence-corrected chi connectivity index (χ0v) is 8.92. The highest BCUT2D eigenvalue weighted by Crippen LogP contribution is 2.23. The molecule has 0 spiro atoms. The first-order valence-electron chi connectivity index (χ1n) is 5.23. The molecule has 0 atom stereocenters. The van der Waals surface area contributed by atoms with Crippen LogP contribution in [0.15, 0.2) is 53.7 Å². The van der Waals surface area contributed by atoms with Gasteiger partial charge >= 0.3 is 0 Å². The lowest BCUT2D eigenvalue weighted by Crippen LogP contribution is -2.06. The van der Waals surface area contributed by atoms with Gasteiger partial charge in [0.1, 0.15) is 5.69 Å². The third kappa shape index (κ3) is 1.59. The Kier molecular flexibility index (Phi) is 2.19. The summed E-state index contributed by atoms with van der Waals surface area (Å²) in [7, 11) is 0. The Morgan fingerprint density at radius 3 is 2.82 bits per heavy atom. The Bertz CT molecular complexity index is 728. The first-order chi connectivity index (χ1) is 8.36. The summed E-state index contributed by atoms with van der Waals surface area (Å²) < 4.78 is 0. The number of benzene rings is 1. The lowest BCUT2D eigenvalue weighted by molar-refractivity contribution is 1.03. The molecule has 3 aromatic rings. The molecule has 0 aliphatic heterocycles. The number of aromatic amines is 1. The standard InChI is InChI=1S/C13H9N3O/c17-12-5-6-15-16-13(12)11-8-14-7-9-3-1-2-4-10(9)11/h1-8H,(H,15,17). The minimum Gasteiger partial charge on any atom is -0.287 e. The summed E-state index contributed by atoms with van der Waals surface area (Å²) in [5.41, 5.74) is 1.05. The van der Waals surface area contributed by atoms with Crippen molar-refractivity contribution in [1.82, 2.24) is 15.2 Å². The van der Waals surface area contributed by atoms with Gasteiger partial charge in [-0.3, -0.25) is 14.9 Å². The Morgan fingerprint density at radius 2 is 1.94 bits per heavy atom. The third-order valence-electron chi connectivity index (χ3n) is 2.64. The van der Waals surface area contributed by atoms with Crippen molar-refractivity contribution in [2.75, 3.05) is 0 Å². The first kappa shape index (κ1) is 9.72. The third-order valence-corrected chi connectivity index (χ3v) is 2.64. The fourth-order valence-corrected chi connectivity index (χ4v) is 1.85. The summed E-state index contributed by atoms with van der Waals surface area (Å²) in [5, 5.41) is 8.68. The normalized spacial score (nSPS) is 10.6. The van der Waals surface area contributed by atoms with Crippen molar-refractivity contribution >= 4 is 10.8 Å². The molecule has 0 unspecified atom stereocenters. The Labute approximate surface area is 97.0 Å². The van der Waals surface area contributed by atoms with Crippen LogP contribution < -0.4 is 5.43 Å². The predicted molar refractivity (Wildman–Crippen MR) is 65.6 cm³/mol. The van der Waals surface area contributed by atoms with Crippen LogP contribution in [0.25, 0.3) is 22.0 Å². The topological polar surface area (TPSA) is 58.6 Å². The van der Waals surface area contributed by atoms with Gasteiger partial charge in [0.15, 0.2) is 0 Å². The molecule has 82 valence electrons. The maximum Gasteiger partial charge on any atom is 0.208 e. The van der Waals surface area contributed by atoms with Crippen molar-refractivity contribution < 1.29 is 0 Å². The number of H-pyrrole nitrogens is 1. The molecular weight excluding hydrogens is 214 g/mol. The minimum absolute atomic E-state index is 0.109. The highest BCUT2D eigenvalue weighted by atomic mass is 16.1. The summed E-state index contributed by atoms with van der Waals surface area (Å²) in [5.74, 6) is 0. The quantitative estimate of drug-likeness (QED) is 0.686. The van der Waals surface area contributed by atoms with E-state index in [4.69, 9.17) is 0 Å². The number of hydrogen-bond acceptors (Lipinski definition) is 3. The van der Waals surface area contributed by atoms with Gasteiger partial charge in [-0.2, -0.15) is 5.10 Å². The average molecular weight is 223 g/mol. The van der Waals surface area contributed by atoms with Crippen molar-refractivity contribution in [3.63, 3.8) is 0 Å². The lowest BCUT2D eigenvalue weighted by Gasteiger charge is -2.03. The molecule has 0 aliphatic rings. The molecule has 1 aromatic carbocycles. The van der Waals surface area contributed by atoms with E-state index in [-0.39, 0.29) is 5.43 Å². The maximum absolute atomic E-state index is 11.8. The van der Waals surface area contributed by atoms with Gasteiger partial charge in [-0.25, -0.2) is 0 Å². The smallest absolute Gasteiger partial charge is 0.208 e. The predicted octanol–water partition coefficient (Wildman–Crippen LogP) is 1.99. The van der Waals surface area contributed by atoms with Crippen LogP contribution in [0.3, 0.4) is 0 Å². The first-order valence-corrected chi connectivity index (χ1v) is 5.23. The Hall–Kier alpha value is -2.49. The molecular formula is C13H9N3O. The molecule has 0 amide bonds. The Morgan fingerprint density at radius 1 is 1.06 bits per heavy atom. The van der Waals surface area contributed by atoms with Crippen molar-refractivity contribution in [3.05, 3.63) is 59.1 Å². The highest BCUT2D eigenvalue weighted by molar-refractivity contribution is 5.94. The fourth-order valence-electron chi connectivity index (χ4n) is 1.85. The zero-order valence-electron chi connectivity index (χ0n) is 8.92. The number of nitrogens with one attached hydrogen (secondary N) is 1. The van der Waals surface area contributed by atoms with Gasteiger partial charge in [-0.15, -0.1) is 0 Å². The van der Waals surface area contributed by atoms with Gasteiger partial charge in [-0.05, 0) is 5.39 Å². The van der Waals surface area contributed by atoms with Crippen LogP contribution >= 0.6 is 0 Å². The molecule has 2 aromatic heterocycles. The van der Waals surface area contributed by atoms with E-state index < -0.39 is 0 Å². The van der Waals surface area contributed by atoms with E-state index in [1.807, 2.05) is 24.3 Å². The van der Waals surface area contributed by atoms with E-state index in [1.165, 1.54) is 12.3 Å². The van der Waals surface area contributed by atoms with E-state index in [0.29, 0.717) is 5.69 Å². The molecule has 4 nitrogen and oxygen atoms in total. The van der Waals surface area contributed by atoms with Crippen molar-refractivity contribution in [3.8, 4) is 11.3 Å². The number of pyridine rings is 1. The van der Waals surface area contributed by atoms with Crippen molar-refractivity contribution in [1.29, 1.82) is 0 Å². The minimum atomic E-state index is -0.109. The molecule has 17 heavy (non-hydrogen) atoms. The summed E-state index contributed by atoms with van der Waals surface area (Å²) in [6.07, 6.45) is 4.96. The van der Waals surface area contributed by atoms with Crippen LogP contribution in [0.4, 0.5) is 0 Å². The molecule has 0 saturated carbocycles. The van der Waals surface area contributed by atoms with Gasteiger partial charge in [0.05, 0.1) is 0 Å². The molecule has 3 rings (SSSR count). The zero-order chi connectivity index (χ0) is 11.7. The summed E-state index contributed by atoms with van der Waals surface area (Å²) >= 11 is 0. The second-order valence-corrected chi connectivity index (χ2v) is 3.70. The molecule has 0 aliphatic carbocycles. The molecule has 1 N–H and O–H groups in total. The van der Waals surface area contributed by atoms with E-state index in [1.54, 1.807) is 12.4 Å². The van der Waals surface area contributed by atoms with Crippen LogP contribution in [0, 0.1) is 0 Å². The van der Waals surface area contributed by atoms with Gasteiger partial charge in [0, 0.05) is 35.6 Å². The largest absolute Gasteiger partial charge is 0.287 e. The molecule has 2 heterocycles. The highest BCUT2D eigenvalue weighted by Gasteiger charge is 2.08. The van der Waals surface area contributed by atoms with Crippen LogP contribution in [0.5, 0.6) is 0 Å². The monoisotopic (exact) mass is 223 g/mol. The van der Waals surface area contributed by atoms with E-state index in [2.05, 4.69) is 15.2 Å². The molecule has 0 fully saturated rings. The van der Waals surface area contributed by atoms with Crippen LogP contribution in [-0.4, -0.2) is 15.2 Å². The number of nitrogens with zero attached hydrogens (tertiary/aromatic N) is 2. The van der Waals surface area contributed by atoms with Crippen LogP contribution in [-0.2, 0) is 0 Å². The average Bonchev–Trinajstić information content (AvgIpc) is 2.39. The number of rotatable bonds is 1. The fraction of sp³-hybridized carbons (Fsp3) is 0. The van der Waals surface area contributed by atoms with Crippen molar-refractivity contribution in [2.45, 2.75) is 0 Å². The second kappa shape index (κ2) is 3.83. The van der Waals surface area contributed by atoms with Crippen LogP contribution in [0.1, 0.15) is 0 Å². The van der Waals surface area contributed by atoms with Gasteiger partial charge in [0.25, 0.3) is 0 Å². The second-order valence-electron chi connectivity index (χ2n) is 3.70. The Balaban J connectivity index is 2.39. The summed E-state index contributed by atoms with van der Waals surface area (Å²) in [6.45, 7) is 0. The van der Waals surface area contributed by atoms with Gasteiger partial charge in [-0.1, -0.05) is 24.3 Å². The van der Waals surface area contributed by atoms with Gasteiger partial charge < -0.3 is 0 Å². The molecule has 0 saturated heterocycles. The van der Waals surface area contributed by atoms with Gasteiger partial charge in [0.2, 0.25) is 5.43 Å². The number of aromatic nitrogens is 3. The molecule has 0 radical (unpaired) electrons. The molecule has 0 bridgehead atoms. The summed E-state index contributed by atoms with van der Waals surface area (Å²) in [6, 6.07) is 9.26. The summed E-state index contributed by atoms with van der Waals surface area (Å²) in [4.78, 5) is 15.9. The van der Waals surface area contributed by atoms with E-state index >= 15 is 0 Å². The maximum atomic E-state index is 11.8. The molecule has 4 heteroatoms. The SMILES string of the molecule is O=c1cc[nH]nc1-c1cncc2ccccc12. The lowest BCUT2D eigenvalue weighted by atomic mass is 10.1. The van der Waals surface area contributed by atoms with E-state index in [9.17, 15) is 4.79 Å². The van der Waals surface area contributed by atoms with Crippen molar-refractivity contribution in [2.24, 2.45) is 0 Å². The van der Waals surface area contributed by atoms with E-state index in [0.717, 1.165) is 16.3 Å².